The molecule has 0 saturated heterocycles. The van der Waals surface area contributed by atoms with E-state index in [4.69, 9.17) is 0 Å². The van der Waals surface area contributed by atoms with E-state index in [0.717, 1.165) is 25.1 Å². The van der Waals surface area contributed by atoms with Gasteiger partial charge < -0.3 is 4.98 Å². The first-order valence-corrected chi connectivity index (χ1v) is 10.8. The van der Waals surface area contributed by atoms with E-state index >= 15 is 0 Å². The van der Waals surface area contributed by atoms with Crippen LogP contribution >= 0.6 is 0 Å². The van der Waals surface area contributed by atoms with Crippen molar-refractivity contribution in [1.82, 2.24) is 9.97 Å². The molecule has 0 bridgehead atoms. The van der Waals surface area contributed by atoms with Crippen molar-refractivity contribution in [2.45, 2.75) is 90.4 Å². The van der Waals surface area contributed by atoms with Gasteiger partial charge in [-0.15, -0.1) is 6.58 Å². The summed E-state index contributed by atoms with van der Waals surface area (Å²) in [4.78, 5) is 8.14. The molecule has 1 aromatic rings. The van der Waals surface area contributed by atoms with E-state index in [-0.39, 0.29) is 5.41 Å². The zero-order valence-electron chi connectivity index (χ0n) is 16.8. The third-order valence-corrected chi connectivity index (χ3v) is 5.56. The van der Waals surface area contributed by atoms with Gasteiger partial charge in [0.05, 0.1) is 0 Å². The Labute approximate surface area is 160 Å². The lowest BCUT2D eigenvalue weighted by molar-refractivity contribution is 0.480. The number of unbranched alkanes of at least 4 members (excludes halogenated alkanes) is 9. The highest BCUT2D eigenvalue weighted by molar-refractivity contribution is 5.23. The first kappa shape index (κ1) is 20.7. The maximum atomic E-state index is 4.61. The Kier molecular flexibility index (Phi) is 9.52. The molecule has 26 heavy (non-hydrogen) atoms. The fraction of sp³-hybridized carbons (Fsp3) is 0.625. The highest BCUT2D eigenvalue weighted by Crippen LogP contribution is 2.32. The second-order valence-electron chi connectivity index (χ2n) is 7.89. The summed E-state index contributed by atoms with van der Waals surface area (Å²) in [5, 5.41) is 0. The molecule has 1 aliphatic carbocycles. The van der Waals surface area contributed by atoms with E-state index < -0.39 is 0 Å². The number of aryl methyl sites for hydroxylation is 1. The number of allylic oxidation sites excluding steroid dienone is 5. The first-order valence-electron chi connectivity index (χ1n) is 10.8. The van der Waals surface area contributed by atoms with E-state index in [9.17, 15) is 0 Å². The minimum atomic E-state index is 0.0288. The highest BCUT2D eigenvalue weighted by Gasteiger charge is 2.25. The average Bonchev–Trinajstić information content (AvgIpc) is 3.11. The second-order valence-corrected chi connectivity index (χ2v) is 7.89. The highest BCUT2D eigenvalue weighted by atomic mass is 14.9. The standard InChI is InChI=1S/C24H38N2/c1-3-5-6-7-8-9-10-11-12-14-17-22-21-25-23(26-22)20-24(4-2)18-15-13-16-19-24/h4,13,15-16,18,21H,2-3,5-12,14,17,19-20H2,1H3,(H,25,26). The molecule has 144 valence electrons. The number of H-pyrrole nitrogens is 1. The summed E-state index contributed by atoms with van der Waals surface area (Å²) in [5.41, 5.74) is 1.31. The largest absolute Gasteiger partial charge is 0.346 e. The van der Waals surface area contributed by atoms with Crippen LogP contribution in [-0.4, -0.2) is 9.97 Å². The van der Waals surface area contributed by atoms with Gasteiger partial charge in [0.2, 0.25) is 0 Å². The SMILES string of the molecule is C=CC1(Cc2ncc(CCCCCCCCCCCC)[nH]2)C=CC=CC1. The summed E-state index contributed by atoms with van der Waals surface area (Å²) in [6, 6.07) is 0. The second kappa shape index (κ2) is 11.9. The summed E-state index contributed by atoms with van der Waals surface area (Å²) in [6.07, 6.45) is 29.7. The van der Waals surface area contributed by atoms with E-state index in [1.807, 2.05) is 6.20 Å². The molecule has 2 nitrogen and oxygen atoms in total. The minimum Gasteiger partial charge on any atom is -0.346 e. The van der Waals surface area contributed by atoms with Crippen molar-refractivity contribution >= 4 is 0 Å². The Hall–Kier alpha value is -1.57. The predicted octanol–water partition coefficient (Wildman–Crippen LogP) is 7.10. The van der Waals surface area contributed by atoms with Crippen LogP contribution in [0.4, 0.5) is 0 Å². The fourth-order valence-electron chi connectivity index (χ4n) is 3.77. The van der Waals surface area contributed by atoms with Gasteiger partial charge in [0.25, 0.3) is 0 Å². The molecule has 0 saturated carbocycles. The molecule has 0 radical (unpaired) electrons. The number of nitrogens with one attached hydrogen (secondary N) is 1. The molecule has 1 aromatic heterocycles. The fourth-order valence-corrected chi connectivity index (χ4v) is 3.77. The molecule has 0 spiro atoms. The zero-order valence-corrected chi connectivity index (χ0v) is 16.8. The molecular formula is C24H38N2. The third-order valence-electron chi connectivity index (χ3n) is 5.56. The molecule has 1 unspecified atom stereocenters. The van der Waals surface area contributed by atoms with Crippen molar-refractivity contribution < 1.29 is 0 Å². The summed E-state index contributed by atoms with van der Waals surface area (Å²) in [6.45, 7) is 6.32. The summed E-state index contributed by atoms with van der Waals surface area (Å²) in [7, 11) is 0. The molecule has 0 fully saturated rings. The number of rotatable bonds is 14. The van der Waals surface area contributed by atoms with Gasteiger partial charge in [-0.3, -0.25) is 0 Å². The van der Waals surface area contributed by atoms with Crippen molar-refractivity contribution in [2.75, 3.05) is 0 Å². The molecule has 1 N–H and O–H groups in total. The molecular weight excluding hydrogens is 316 g/mol. The third kappa shape index (κ3) is 7.35. The Bertz CT molecular complexity index is 567. The van der Waals surface area contributed by atoms with Crippen molar-refractivity contribution in [1.29, 1.82) is 0 Å². The monoisotopic (exact) mass is 354 g/mol. The van der Waals surface area contributed by atoms with Gasteiger partial charge in [0.15, 0.2) is 0 Å². The van der Waals surface area contributed by atoms with Crippen molar-refractivity contribution in [3.63, 3.8) is 0 Å². The van der Waals surface area contributed by atoms with Crippen LogP contribution in [0.25, 0.3) is 0 Å². The minimum absolute atomic E-state index is 0.0288. The number of hydrogen-bond donors (Lipinski definition) is 1. The number of hydrogen-bond acceptors (Lipinski definition) is 1. The molecule has 1 aliphatic rings. The first-order chi connectivity index (χ1) is 12.8. The van der Waals surface area contributed by atoms with Crippen LogP contribution in [0.2, 0.25) is 0 Å². The van der Waals surface area contributed by atoms with Crippen molar-refractivity contribution in [3.8, 4) is 0 Å². The number of imidazole rings is 1. The van der Waals surface area contributed by atoms with Crippen LogP contribution < -0.4 is 0 Å². The smallest absolute Gasteiger partial charge is 0.107 e. The maximum Gasteiger partial charge on any atom is 0.107 e. The van der Waals surface area contributed by atoms with Gasteiger partial charge in [-0.25, -0.2) is 4.98 Å². The van der Waals surface area contributed by atoms with E-state index in [1.165, 1.54) is 69.9 Å². The molecule has 0 aromatic carbocycles. The van der Waals surface area contributed by atoms with Gasteiger partial charge in [-0.2, -0.15) is 0 Å². The topological polar surface area (TPSA) is 28.7 Å². The molecule has 1 heterocycles. The summed E-state index contributed by atoms with van der Waals surface area (Å²) >= 11 is 0. The lowest BCUT2D eigenvalue weighted by Crippen LogP contribution is -2.19. The van der Waals surface area contributed by atoms with Crippen molar-refractivity contribution in [2.24, 2.45) is 5.41 Å². The molecule has 2 heteroatoms. The van der Waals surface area contributed by atoms with Gasteiger partial charge >= 0.3 is 0 Å². The lowest BCUT2D eigenvalue weighted by atomic mass is 9.78. The Morgan fingerprint density at radius 2 is 1.73 bits per heavy atom. The lowest BCUT2D eigenvalue weighted by Gasteiger charge is -2.26. The normalized spacial score (nSPS) is 19.1. The van der Waals surface area contributed by atoms with E-state index in [1.54, 1.807) is 0 Å². The van der Waals surface area contributed by atoms with Gasteiger partial charge in [0, 0.05) is 23.7 Å². The maximum absolute atomic E-state index is 4.61. The Morgan fingerprint density at radius 3 is 2.35 bits per heavy atom. The molecule has 2 rings (SSSR count). The number of aromatic nitrogens is 2. The van der Waals surface area contributed by atoms with Crippen LogP contribution in [-0.2, 0) is 12.8 Å². The van der Waals surface area contributed by atoms with E-state index in [2.05, 4.69) is 53.9 Å². The predicted molar refractivity (Wildman–Crippen MR) is 113 cm³/mol. The van der Waals surface area contributed by atoms with Crippen LogP contribution in [0.1, 0.15) is 89.1 Å². The zero-order chi connectivity index (χ0) is 18.5. The van der Waals surface area contributed by atoms with Crippen LogP contribution in [0.5, 0.6) is 0 Å². The Morgan fingerprint density at radius 1 is 1.04 bits per heavy atom. The molecule has 1 atom stereocenters. The molecule has 0 amide bonds. The Balaban J connectivity index is 1.58. The van der Waals surface area contributed by atoms with Gasteiger partial charge in [0.1, 0.15) is 5.82 Å². The van der Waals surface area contributed by atoms with Gasteiger partial charge in [-0.1, -0.05) is 95.1 Å². The van der Waals surface area contributed by atoms with Crippen LogP contribution in [0.3, 0.4) is 0 Å². The van der Waals surface area contributed by atoms with Gasteiger partial charge in [-0.05, 0) is 19.3 Å². The van der Waals surface area contributed by atoms with Crippen molar-refractivity contribution in [3.05, 3.63) is 54.7 Å². The summed E-state index contributed by atoms with van der Waals surface area (Å²) in [5.74, 6) is 1.09. The molecule has 0 aliphatic heterocycles. The van der Waals surface area contributed by atoms with Crippen LogP contribution in [0.15, 0.2) is 43.2 Å². The average molecular weight is 355 g/mol. The number of nitrogens with zero attached hydrogens (tertiary/aromatic N) is 1. The summed E-state index contributed by atoms with van der Waals surface area (Å²) < 4.78 is 0. The van der Waals surface area contributed by atoms with Crippen LogP contribution in [0, 0.1) is 5.41 Å². The van der Waals surface area contributed by atoms with E-state index in [0.29, 0.717) is 0 Å². The number of aromatic amines is 1. The quantitative estimate of drug-likeness (QED) is 0.280.